The molecule has 0 saturated carbocycles. The molecule has 3 aromatic rings. The number of rotatable bonds is 8. The minimum absolute atomic E-state index is 0.0618. The van der Waals surface area contributed by atoms with Crippen molar-refractivity contribution in [2.24, 2.45) is 0 Å². The first kappa shape index (κ1) is 20.8. The molecule has 0 unspecified atom stereocenters. The fourth-order valence-corrected chi connectivity index (χ4v) is 4.44. The number of anilines is 1. The van der Waals surface area contributed by atoms with Crippen LogP contribution in [0.4, 0.5) is 5.69 Å². The minimum atomic E-state index is -3.51. The van der Waals surface area contributed by atoms with Gasteiger partial charge in [-0.05, 0) is 30.3 Å². The van der Waals surface area contributed by atoms with Gasteiger partial charge >= 0.3 is 0 Å². The Morgan fingerprint density at radius 3 is 2.28 bits per heavy atom. The number of hydrogen-bond acceptors (Lipinski definition) is 4. The van der Waals surface area contributed by atoms with Gasteiger partial charge < -0.3 is 5.32 Å². The summed E-state index contributed by atoms with van der Waals surface area (Å²) in [6.45, 7) is 4.48. The molecule has 0 aliphatic rings. The van der Waals surface area contributed by atoms with Gasteiger partial charge in [-0.2, -0.15) is 9.40 Å². The van der Waals surface area contributed by atoms with Gasteiger partial charge in [0.1, 0.15) is 6.54 Å². The number of carbonyl (C=O) groups excluding carboxylic acids is 1. The number of benzene rings is 2. The van der Waals surface area contributed by atoms with Gasteiger partial charge in [-0.15, -0.1) is 0 Å². The second-order valence-electron chi connectivity index (χ2n) is 6.43. The molecular formula is C21H24N4O3S. The molecule has 0 aliphatic carbocycles. The first-order valence-corrected chi connectivity index (χ1v) is 10.9. The first-order chi connectivity index (χ1) is 13.9. The molecule has 0 bridgehead atoms. The van der Waals surface area contributed by atoms with Crippen molar-refractivity contribution >= 4 is 21.6 Å². The zero-order valence-corrected chi connectivity index (χ0v) is 17.3. The largest absolute Gasteiger partial charge is 0.324 e. The molecule has 0 aliphatic heterocycles. The summed E-state index contributed by atoms with van der Waals surface area (Å²) in [4.78, 5) is 12.5. The molecule has 1 N–H and O–H groups in total. The lowest BCUT2D eigenvalue weighted by atomic mass is 10.2. The molecule has 0 fully saturated rings. The van der Waals surface area contributed by atoms with Gasteiger partial charge in [-0.3, -0.25) is 9.48 Å². The van der Waals surface area contributed by atoms with Gasteiger partial charge in [0.15, 0.2) is 0 Å². The molecule has 0 spiro atoms. The normalized spacial score (nSPS) is 11.6. The average molecular weight is 413 g/mol. The molecule has 0 saturated heterocycles. The fourth-order valence-electron chi connectivity index (χ4n) is 2.98. The van der Waals surface area contributed by atoms with Crippen molar-refractivity contribution in [2.45, 2.75) is 25.3 Å². The van der Waals surface area contributed by atoms with Crippen LogP contribution in [0, 0.1) is 0 Å². The van der Waals surface area contributed by atoms with Crippen LogP contribution >= 0.6 is 0 Å². The third kappa shape index (κ3) is 4.90. The monoisotopic (exact) mass is 412 g/mol. The Morgan fingerprint density at radius 2 is 1.66 bits per heavy atom. The molecule has 1 aromatic heterocycles. The Bertz CT molecular complexity index is 1060. The quantitative estimate of drug-likeness (QED) is 0.616. The smallest absolute Gasteiger partial charge is 0.246 e. The Hall–Kier alpha value is -2.97. The van der Waals surface area contributed by atoms with E-state index in [1.54, 1.807) is 36.9 Å². The van der Waals surface area contributed by atoms with Crippen molar-refractivity contribution in [3.05, 3.63) is 66.9 Å². The van der Waals surface area contributed by atoms with Gasteiger partial charge in [0.05, 0.1) is 10.6 Å². The van der Waals surface area contributed by atoms with Crippen LogP contribution in [0.25, 0.3) is 11.3 Å². The third-order valence-electron chi connectivity index (χ3n) is 4.50. The summed E-state index contributed by atoms with van der Waals surface area (Å²) in [7, 11) is -3.51. The molecule has 2 aromatic carbocycles. The molecule has 1 amide bonds. The number of carbonyl (C=O) groups is 1. The maximum atomic E-state index is 12.5. The standard InChI is InChI=1S/C21H24N4O3S/c1-3-25(4-2)29(27,28)19-12-10-18(11-13-19)22-21(26)16-24-15-14-20(23-24)17-8-6-5-7-9-17/h5-15H,3-4,16H2,1-2H3,(H,22,26). The zero-order valence-electron chi connectivity index (χ0n) is 16.4. The number of nitrogens with one attached hydrogen (secondary N) is 1. The van der Waals surface area contributed by atoms with E-state index >= 15 is 0 Å². The lowest BCUT2D eigenvalue weighted by Crippen LogP contribution is -2.30. The predicted octanol–water partition coefficient (Wildman–Crippen LogP) is 3.22. The van der Waals surface area contributed by atoms with Gasteiger partial charge in [-0.1, -0.05) is 44.2 Å². The minimum Gasteiger partial charge on any atom is -0.324 e. The number of hydrogen-bond donors (Lipinski definition) is 1. The van der Waals surface area contributed by atoms with Crippen LogP contribution in [0.15, 0.2) is 71.8 Å². The van der Waals surface area contributed by atoms with E-state index in [2.05, 4.69) is 10.4 Å². The summed E-state index contributed by atoms with van der Waals surface area (Å²) < 4.78 is 28.0. The lowest BCUT2D eigenvalue weighted by molar-refractivity contribution is -0.116. The molecule has 152 valence electrons. The van der Waals surface area contributed by atoms with E-state index in [0.29, 0.717) is 18.8 Å². The van der Waals surface area contributed by atoms with E-state index in [0.717, 1.165) is 11.3 Å². The topological polar surface area (TPSA) is 84.3 Å². The van der Waals surface area contributed by atoms with E-state index < -0.39 is 10.0 Å². The molecule has 3 rings (SSSR count). The summed E-state index contributed by atoms with van der Waals surface area (Å²) in [6.07, 6.45) is 1.75. The number of sulfonamides is 1. The van der Waals surface area contributed by atoms with E-state index in [-0.39, 0.29) is 17.3 Å². The highest BCUT2D eigenvalue weighted by Gasteiger charge is 2.21. The van der Waals surface area contributed by atoms with Crippen molar-refractivity contribution in [3.8, 4) is 11.3 Å². The van der Waals surface area contributed by atoms with Crippen molar-refractivity contribution in [3.63, 3.8) is 0 Å². The maximum Gasteiger partial charge on any atom is 0.246 e. The van der Waals surface area contributed by atoms with Crippen LogP contribution < -0.4 is 5.32 Å². The van der Waals surface area contributed by atoms with Gasteiger partial charge in [0.25, 0.3) is 0 Å². The summed E-state index contributed by atoms with van der Waals surface area (Å²) in [5.74, 6) is -0.243. The average Bonchev–Trinajstić information content (AvgIpc) is 3.18. The van der Waals surface area contributed by atoms with Crippen molar-refractivity contribution in [1.82, 2.24) is 14.1 Å². The van der Waals surface area contributed by atoms with E-state index in [1.807, 2.05) is 36.4 Å². The lowest BCUT2D eigenvalue weighted by Gasteiger charge is -2.18. The first-order valence-electron chi connectivity index (χ1n) is 9.43. The van der Waals surface area contributed by atoms with Crippen LogP contribution in [0.3, 0.4) is 0 Å². The summed E-state index contributed by atoms with van der Waals surface area (Å²) in [5.41, 5.74) is 2.31. The molecule has 0 radical (unpaired) electrons. The highest BCUT2D eigenvalue weighted by Crippen LogP contribution is 2.19. The van der Waals surface area contributed by atoms with E-state index in [4.69, 9.17) is 0 Å². The second kappa shape index (κ2) is 9.02. The zero-order chi connectivity index (χ0) is 20.9. The Kier molecular flexibility index (Phi) is 6.46. The fraction of sp³-hybridized carbons (Fsp3) is 0.238. The third-order valence-corrected chi connectivity index (χ3v) is 6.56. The molecule has 7 nitrogen and oxygen atoms in total. The van der Waals surface area contributed by atoms with E-state index in [1.165, 1.54) is 16.4 Å². The molecule has 29 heavy (non-hydrogen) atoms. The highest BCUT2D eigenvalue weighted by molar-refractivity contribution is 7.89. The Labute approximate surface area is 171 Å². The molecule has 8 heteroatoms. The van der Waals surface area contributed by atoms with Crippen molar-refractivity contribution in [1.29, 1.82) is 0 Å². The number of aromatic nitrogens is 2. The number of amides is 1. The van der Waals surface area contributed by atoms with Crippen LogP contribution in [-0.4, -0.2) is 41.5 Å². The second-order valence-corrected chi connectivity index (χ2v) is 8.36. The Morgan fingerprint density at radius 1 is 1.00 bits per heavy atom. The molecular weight excluding hydrogens is 388 g/mol. The van der Waals surface area contributed by atoms with Crippen LogP contribution in [-0.2, 0) is 21.4 Å². The van der Waals surface area contributed by atoms with Crippen LogP contribution in [0.2, 0.25) is 0 Å². The summed E-state index contributed by atoms with van der Waals surface area (Å²) in [5, 5.41) is 7.18. The molecule has 1 heterocycles. The maximum absolute atomic E-state index is 12.5. The van der Waals surface area contributed by atoms with Crippen LogP contribution in [0.1, 0.15) is 13.8 Å². The SMILES string of the molecule is CCN(CC)S(=O)(=O)c1ccc(NC(=O)Cn2ccc(-c3ccccc3)n2)cc1. The van der Waals surface area contributed by atoms with Crippen molar-refractivity contribution < 1.29 is 13.2 Å². The predicted molar refractivity (Wildman–Crippen MR) is 113 cm³/mol. The van der Waals surface area contributed by atoms with Gasteiger partial charge in [-0.25, -0.2) is 8.42 Å². The van der Waals surface area contributed by atoms with Gasteiger partial charge in [0, 0.05) is 30.5 Å². The summed E-state index contributed by atoms with van der Waals surface area (Å²) >= 11 is 0. The van der Waals surface area contributed by atoms with E-state index in [9.17, 15) is 13.2 Å². The van der Waals surface area contributed by atoms with Crippen molar-refractivity contribution in [2.75, 3.05) is 18.4 Å². The highest BCUT2D eigenvalue weighted by atomic mass is 32.2. The summed E-state index contributed by atoms with van der Waals surface area (Å²) in [6, 6.07) is 17.8. The van der Waals surface area contributed by atoms with Crippen LogP contribution in [0.5, 0.6) is 0 Å². The number of nitrogens with zero attached hydrogens (tertiary/aromatic N) is 3. The van der Waals surface area contributed by atoms with Gasteiger partial charge in [0.2, 0.25) is 15.9 Å². The molecule has 0 atom stereocenters. The Balaban J connectivity index is 1.64.